The van der Waals surface area contributed by atoms with Gasteiger partial charge in [-0.05, 0) is 54.9 Å². The lowest BCUT2D eigenvalue weighted by Crippen LogP contribution is -2.37. The number of halogens is 1. The van der Waals surface area contributed by atoms with Gasteiger partial charge in [0, 0.05) is 10.0 Å². The van der Waals surface area contributed by atoms with Crippen molar-refractivity contribution >= 4 is 33.4 Å². The summed E-state index contributed by atoms with van der Waals surface area (Å²) < 4.78 is 6.32. The molecular weight excluding hydrogens is 384 g/mol. The normalized spacial score (nSPS) is 11.5. The van der Waals surface area contributed by atoms with Crippen LogP contribution in [0.15, 0.2) is 46.9 Å². The second-order valence-corrected chi connectivity index (χ2v) is 6.46. The van der Waals surface area contributed by atoms with Crippen LogP contribution in [0.5, 0.6) is 5.75 Å². The number of ether oxygens (including phenoxy) is 1. The molecule has 1 atom stereocenters. The van der Waals surface area contributed by atoms with Gasteiger partial charge in [0.05, 0.1) is 18.3 Å². The highest BCUT2D eigenvalue weighted by Gasteiger charge is 2.20. The van der Waals surface area contributed by atoms with E-state index in [4.69, 9.17) is 4.74 Å². The number of para-hydroxylation sites is 1. The van der Waals surface area contributed by atoms with E-state index in [1.54, 1.807) is 18.2 Å². The molecule has 0 saturated carbocycles. The highest BCUT2D eigenvalue weighted by Crippen LogP contribution is 2.26. The topological polar surface area (TPSA) is 67.4 Å². The Morgan fingerprint density at radius 2 is 1.88 bits per heavy atom. The summed E-state index contributed by atoms with van der Waals surface area (Å²) in [5.41, 5.74) is 2.43. The van der Waals surface area contributed by atoms with Crippen LogP contribution in [0.3, 0.4) is 0 Å². The average Bonchev–Trinajstić information content (AvgIpc) is 2.58. The lowest BCUT2D eigenvalue weighted by molar-refractivity contribution is -0.136. The highest BCUT2D eigenvalue weighted by molar-refractivity contribution is 9.10. The summed E-state index contributed by atoms with van der Waals surface area (Å²) in [5, 5.41) is 5.30. The number of carbonyl (C=O) groups is 2. The monoisotopic (exact) mass is 404 g/mol. The Hall–Kier alpha value is -2.34. The highest BCUT2D eigenvalue weighted by atomic mass is 79.9. The van der Waals surface area contributed by atoms with Crippen LogP contribution >= 0.6 is 15.9 Å². The van der Waals surface area contributed by atoms with Crippen LogP contribution in [0, 0.1) is 6.92 Å². The van der Waals surface area contributed by atoms with Gasteiger partial charge < -0.3 is 15.4 Å². The first-order valence-electron chi connectivity index (χ1n) is 8.02. The van der Waals surface area contributed by atoms with E-state index in [-0.39, 0.29) is 6.04 Å². The van der Waals surface area contributed by atoms with Gasteiger partial charge in [0.1, 0.15) is 5.75 Å². The van der Waals surface area contributed by atoms with Gasteiger partial charge in [-0.15, -0.1) is 0 Å². The fourth-order valence-corrected chi connectivity index (χ4v) is 2.76. The number of amides is 2. The van der Waals surface area contributed by atoms with E-state index in [1.807, 2.05) is 45.0 Å². The molecule has 0 aliphatic carbocycles. The number of nitrogens with one attached hydrogen (secondary N) is 2. The minimum atomic E-state index is -0.718. The number of aryl methyl sites for hydroxylation is 1. The Bertz CT molecular complexity index is 777. The third-order valence-corrected chi connectivity index (χ3v) is 4.30. The van der Waals surface area contributed by atoms with Gasteiger partial charge in [0.25, 0.3) is 0 Å². The van der Waals surface area contributed by atoms with E-state index in [2.05, 4.69) is 26.6 Å². The number of carbonyl (C=O) groups excluding carboxylic acids is 2. The summed E-state index contributed by atoms with van der Waals surface area (Å²) in [7, 11) is 0. The van der Waals surface area contributed by atoms with Crippen molar-refractivity contribution in [3.8, 4) is 5.75 Å². The minimum absolute atomic E-state index is 0.362. The fourth-order valence-electron chi connectivity index (χ4n) is 2.37. The van der Waals surface area contributed by atoms with Crippen LogP contribution in [0.25, 0.3) is 0 Å². The molecule has 0 aromatic heterocycles. The molecule has 132 valence electrons. The quantitative estimate of drug-likeness (QED) is 0.740. The second-order valence-electron chi connectivity index (χ2n) is 5.60. The summed E-state index contributed by atoms with van der Waals surface area (Å²) in [6.07, 6.45) is 0. The number of anilines is 1. The zero-order valence-corrected chi connectivity index (χ0v) is 16.0. The molecular formula is C19H21BrN2O3. The average molecular weight is 405 g/mol. The van der Waals surface area contributed by atoms with Gasteiger partial charge >= 0.3 is 11.8 Å². The molecule has 25 heavy (non-hydrogen) atoms. The van der Waals surface area contributed by atoms with Crippen LogP contribution in [-0.2, 0) is 9.59 Å². The molecule has 1 unspecified atom stereocenters. The predicted octanol–water partition coefficient (Wildman–Crippen LogP) is 3.97. The van der Waals surface area contributed by atoms with Crippen LogP contribution in [0.1, 0.15) is 31.0 Å². The van der Waals surface area contributed by atoms with E-state index < -0.39 is 11.8 Å². The minimum Gasteiger partial charge on any atom is -0.494 e. The van der Waals surface area contributed by atoms with Gasteiger partial charge in [0.15, 0.2) is 0 Å². The first kappa shape index (κ1) is 19.0. The smallest absolute Gasteiger partial charge is 0.313 e. The standard InChI is InChI=1S/C19H21BrN2O3/c1-4-25-17-10-9-12(2)11-14(17)13(3)21-18(23)19(24)22-16-8-6-5-7-15(16)20/h5-11,13H,4H2,1-3H3,(H,21,23)(H,22,24). The van der Waals surface area contributed by atoms with Gasteiger partial charge in [-0.1, -0.05) is 29.8 Å². The first-order chi connectivity index (χ1) is 11.9. The Balaban J connectivity index is 2.08. The van der Waals surface area contributed by atoms with Crippen molar-refractivity contribution in [3.63, 3.8) is 0 Å². The second kappa shape index (κ2) is 8.67. The number of rotatable bonds is 5. The van der Waals surface area contributed by atoms with E-state index in [9.17, 15) is 9.59 Å². The number of benzene rings is 2. The maximum absolute atomic E-state index is 12.2. The van der Waals surface area contributed by atoms with E-state index in [0.29, 0.717) is 22.5 Å². The molecule has 0 radical (unpaired) electrons. The summed E-state index contributed by atoms with van der Waals surface area (Å²) in [5.74, 6) is -0.719. The lowest BCUT2D eigenvalue weighted by atomic mass is 10.0. The third kappa shape index (κ3) is 5.06. The molecule has 0 fully saturated rings. The van der Waals surface area contributed by atoms with Crippen LogP contribution < -0.4 is 15.4 Å². The Kier molecular flexibility index (Phi) is 6.58. The summed E-state index contributed by atoms with van der Waals surface area (Å²) >= 11 is 3.33. The Morgan fingerprint density at radius 3 is 2.56 bits per heavy atom. The van der Waals surface area contributed by atoms with Crippen molar-refractivity contribution in [3.05, 3.63) is 58.1 Å². The molecule has 2 amide bonds. The summed E-state index contributed by atoms with van der Waals surface area (Å²) in [6.45, 7) is 6.21. The van der Waals surface area contributed by atoms with Crippen molar-refractivity contribution in [1.82, 2.24) is 5.32 Å². The Labute approximate surface area is 155 Å². The largest absolute Gasteiger partial charge is 0.494 e. The molecule has 0 spiro atoms. The van der Waals surface area contributed by atoms with E-state index in [1.165, 1.54) is 0 Å². The molecule has 0 aliphatic rings. The van der Waals surface area contributed by atoms with E-state index >= 15 is 0 Å². The third-order valence-electron chi connectivity index (χ3n) is 3.61. The zero-order valence-electron chi connectivity index (χ0n) is 14.4. The summed E-state index contributed by atoms with van der Waals surface area (Å²) in [4.78, 5) is 24.4. The van der Waals surface area contributed by atoms with Crippen molar-refractivity contribution in [2.24, 2.45) is 0 Å². The van der Waals surface area contributed by atoms with Gasteiger partial charge in [-0.25, -0.2) is 0 Å². The predicted molar refractivity (Wildman–Crippen MR) is 102 cm³/mol. The number of hydrogen-bond donors (Lipinski definition) is 2. The van der Waals surface area contributed by atoms with Crippen molar-refractivity contribution < 1.29 is 14.3 Å². The molecule has 2 aromatic rings. The molecule has 0 saturated heterocycles. The molecule has 2 N–H and O–H groups in total. The molecule has 5 nitrogen and oxygen atoms in total. The van der Waals surface area contributed by atoms with Crippen molar-refractivity contribution in [2.45, 2.75) is 26.8 Å². The molecule has 2 aromatic carbocycles. The maximum atomic E-state index is 12.2. The van der Waals surface area contributed by atoms with Gasteiger partial charge in [-0.3, -0.25) is 9.59 Å². The van der Waals surface area contributed by atoms with Crippen molar-refractivity contribution in [1.29, 1.82) is 0 Å². The van der Waals surface area contributed by atoms with Gasteiger partial charge in [0.2, 0.25) is 0 Å². The zero-order chi connectivity index (χ0) is 18.4. The Morgan fingerprint density at radius 1 is 1.16 bits per heavy atom. The molecule has 0 aliphatic heterocycles. The van der Waals surface area contributed by atoms with Gasteiger partial charge in [-0.2, -0.15) is 0 Å². The molecule has 6 heteroatoms. The van der Waals surface area contributed by atoms with Crippen LogP contribution in [-0.4, -0.2) is 18.4 Å². The lowest BCUT2D eigenvalue weighted by Gasteiger charge is -2.18. The fraction of sp³-hybridized carbons (Fsp3) is 0.263. The molecule has 0 bridgehead atoms. The number of hydrogen-bond acceptors (Lipinski definition) is 3. The molecule has 2 rings (SSSR count). The van der Waals surface area contributed by atoms with E-state index in [0.717, 1.165) is 11.1 Å². The van der Waals surface area contributed by atoms with Crippen LogP contribution in [0.2, 0.25) is 0 Å². The van der Waals surface area contributed by atoms with Crippen molar-refractivity contribution in [2.75, 3.05) is 11.9 Å². The molecule has 0 heterocycles. The first-order valence-corrected chi connectivity index (χ1v) is 8.81. The van der Waals surface area contributed by atoms with Crippen LogP contribution in [0.4, 0.5) is 5.69 Å². The summed E-state index contributed by atoms with van der Waals surface area (Å²) in [6, 6.07) is 12.5. The SMILES string of the molecule is CCOc1ccc(C)cc1C(C)NC(=O)C(=O)Nc1ccccc1Br. The maximum Gasteiger partial charge on any atom is 0.313 e.